The number of aliphatic hydroxyl groups is 1. The number of aromatic nitrogens is 2. The number of nitrogens with zero attached hydrogens (tertiary/aromatic N) is 2. The number of alkyl halides is 2. The Balaban J connectivity index is 1.03. The number of nitrogens with one attached hydrogen (secondary N) is 4. The van der Waals surface area contributed by atoms with Gasteiger partial charge in [-0.3, -0.25) is 4.79 Å². The molecular formula is C42H42F2N6O10S2. The van der Waals surface area contributed by atoms with Gasteiger partial charge in [-0.2, -0.15) is 8.78 Å². The maximum Gasteiger partial charge on any atom is 0.421 e. The van der Waals surface area contributed by atoms with Gasteiger partial charge in [-0.25, -0.2) is 31.1 Å². The molecule has 62 heavy (non-hydrogen) atoms. The van der Waals surface area contributed by atoms with Crippen molar-refractivity contribution in [1.82, 2.24) is 19.4 Å². The van der Waals surface area contributed by atoms with Crippen molar-refractivity contribution in [3.05, 3.63) is 97.1 Å². The summed E-state index contributed by atoms with van der Waals surface area (Å²) in [6.07, 6.45) is -6.07. The number of methoxy groups -OCH3 is 1. The summed E-state index contributed by atoms with van der Waals surface area (Å²) in [5.74, 6) is -1.93. The Hall–Kier alpha value is -6.06. The van der Waals surface area contributed by atoms with Crippen molar-refractivity contribution in [2.24, 2.45) is 0 Å². The number of para-hydroxylation sites is 2. The van der Waals surface area contributed by atoms with Crippen molar-refractivity contribution in [2.75, 3.05) is 56.3 Å². The van der Waals surface area contributed by atoms with Gasteiger partial charge < -0.3 is 39.1 Å². The zero-order valence-corrected chi connectivity index (χ0v) is 34.7. The summed E-state index contributed by atoms with van der Waals surface area (Å²) < 4.78 is 98.5. The minimum Gasteiger partial charge on any atom is -0.446 e. The van der Waals surface area contributed by atoms with E-state index in [1.165, 1.54) is 36.1 Å². The van der Waals surface area contributed by atoms with Gasteiger partial charge >= 0.3 is 18.4 Å². The summed E-state index contributed by atoms with van der Waals surface area (Å²) in [4.78, 5) is 34.0. The number of aliphatic hydroxyl groups excluding tert-OH is 1. The third-order valence-corrected chi connectivity index (χ3v) is 13.5. The molecule has 0 bridgehead atoms. The molecular weight excluding hydrogens is 851 g/mol. The van der Waals surface area contributed by atoms with Crippen molar-refractivity contribution >= 4 is 65.2 Å². The highest BCUT2D eigenvalue weighted by atomic mass is 32.2. The number of anilines is 2. The first-order valence-electron chi connectivity index (χ1n) is 19.5. The molecule has 0 aliphatic carbocycles. The molecule has 6 aromatic rings. The number of carbonyl (C=O) groups is 2. The van der Waals surface area contributed by atoms with E-state index in [4.69, 9.17) is 14.2 Å². The predicted octanol–water partition coefficient (Wildman–Crippen LogP) is 4.96. The van der Waals surface area contributed by atoms with E-state index in [0.29, 0.717) is 53.4 Å². The average molecular weight is 893 g/mol. The molecule has 5 N–H and O–H groups in total. The number of sulfonamides is 2. The second kappa shape index (κ2) is 17.4. The first-order chi connectivity index (χ1) is 29.7. The van der Waals surface area contributed by atoms with Crippen molar-refractivity contribution < 1.29 is 54.5 Å². The van der Waals surface area contributed by atoms with Crippen LogP contribution in [-0.2, 0) is 39.1 Å². The van der Waals surface area contributed by atoms with E-state index < -0.39 is 50.7 Å². The molecule has 2 saturated heterocycles. The van der Waals surface area contributed by atoms with Crippen LogP contribution in [0.3, 0.4) is 0 Å². The van der Waals surface area contributed by atoms with Gasteiger partial charge in [-0.15, -0.1) is 0 Å². The van der Waals surface area contributed by atoms with Gasteiger partial charge in [-0.1, -0.05) is 36.4 Å². The van der Waals surface area contributed by atoms with Crippen molar-refractivity contribution in [3.8, 4) is 22.5 Å². The van der Waals surface area contributed by atoms with E-state index in [2.05, 4.69) is 9.97 Å². The first-order valence-corrected chi connectivity index (χ1v) is 22.5. The molecule has 16 nitrogen and oxygen atoms in total. The topological polar surface area (TPSA) is 212 Å². The normalized spacial score (nSPS) is 18.2. The lowest BCUT2D eigenvalue weighted by molar-refractivity contribution is -0.129. The Kier molecular flexibility index (Phi) is 11.9. The monoisotopic (exact) mass is 892 g/mol. The highest BCUT2D eigenvalue weighted by Crippen LogP contribution is 2.39. The first kappa shape index (κ1) is 42.6. The summed E-state index contributed by atoms with van der Waals surface area (Å²) in [7, 11) is -7.58. The molecule has 2 aliphatic rings. The van der Waals surface area contributed by atoms with Crippen LogP contribution in [0.4, 0.5) is 25.0 Å². The number of aromatic amines is 2. The summed E-state index contributed by atoms with van der Waals surface area (Å²) in [5, 5.41) is 13.1. The number of H-pyrrole nitrogens is 2. The number of halogens is 2. The van der Waals surface area contributed by atoms with Crippen molar-refractivity contribution in [2.45, 2.75) is 40.9 Å². The second-order valence-corrected chi connectivity index (χ2v) is 18.3. The molecule has 4 aromatic carbocycles. The summed E-state index contributed by atoms with van der Waals surface area (Å²) in [5.41, 5.74) is 4.96. The molecule has 20 heteroatoms. The van der Waals surface area contributed by atoms with E-state index in [-0.39, 0.29) is 42.2 Å². The van der Waals surface area contributed by atoms with Crippen LogP contribution in [0, 0.1) is 0 Å². The summed E-state index contributed by atoms with van der Waals surface area (Å²) in [6, 6.07) is 27.3. The fraction of sp³-hybridized carbons (Fsp3) is 0.286. The largest absolute Gasteiger partial charge is 0.446 e. The van der Waals surface area contributed by atoms with Crippen LogP contribution in [-0.4, -0.2) is 115 Å². The molecule has 2 amide bonds. The number of carbonyl (C=O) groups excluding carboxylic acids is 2. The Morgan fingerprint density at radius 3 is 1.89 bits per heavy atom. The minimum atomic E-state index is -4.64. The zero-order valence-electron chi connectivity index (χ0n) is 33.1. The second-order valence-electron chi connectivity index (χ2n) is 14.9. The minimum absolute atomic E-state index is 0.0880. The Morgan fingerprint density at radius 2 is 1.32 bits per heavy atom. The van der Waals surface area contributed by atoms with E-state index in [0.717, 1.165) is 21.8 Å². The molecule has 2 fully saturated rings. The Bertz CT molecular complexity index is 2800. The number of fused-ring (bicyclic) bond motifs is 2. The van der Waals surface area contributed by atoms with Crippen LogP contribution in [0.25, 0.3) is 44.3 Å². The van der Waals surface area contributed by atoms with Crippen LogP contribution in [0.15, 0.2) is 107 Å². The number of amides is 2. The van der Waals surface area contributed by atoms with Crippen LogP contribution in [0.1, 0.15) is 6.42 Å². The third-order valence-electron chi connectivity index (χ3n) is 10.8. The van der Waals surface area contributed by atoms with Gasteiger partial charge in [0.1, 0.15) is 12.7 Å². The molecule has 0 saturated carbocycles. The lowest BCUT2D eigenvalue weighted by Gasteiger charge is -2.25. The molecule has 326 valence electrons. The van der Waals surface area contributed by atoms with E-state index >= 15 is 0 Å². The van der Waals surface area contributed by atoms with Crippen molar-refractivity contribution in [3.63, 3.8) is 0 Å². The number of ether oxygens (including phenoxy) is 3. The molecule has 0 radical (unpaired) electrons. The standard InChI is InChI=1S/C42H42F2N6O10S2/c1-58-16-17-59-42(53)48-62(56,57)29-11-13-37(31(21-29)35-19-26-7-3-5-9-33(26)46-35)50-23-38(51)39(24-50)60-27-14-15-49(22-27)36-12-10-28(61(54,55)47-41(52)40(43)44)20-30(36)34-18-25-6-2-4-8-32(25)45-34/h2-13,18-21,27,38-40,45-46,51H,14-17,22-24H2,1H3,(H,47,52)(H,48,53)/t27-,38+,39?/m0/s1. The third kappa shape index (κ3) is 8.95. The number of rotatable bonds is 14. The van der Waals surface area contributed by atoms with Gasteiger partial charge in [0.05, 0.1) is 28.6 Å². The van der Waals surface area contributed by atoms with E-state index in [9.17, 15) is 40.3 Å². The van der Waals surface area contributed by atoms with Crippen LogP contribution >= 0.6 is 0 Å². The van der Waals surface area contributed by atoms with E-state index in [1.54, 1.807) is 12.1 Å². The number of benzene rings is 4. The fourth-order valence-corrected chi connectivity index (χ4v) is 9.74. The van der Waals surface area contributed by atoms with Crippen molar-refractivity contribution in [1.29, 1.82) is 0 Å². The summed E-state index contributed by atoms with van der Waals surface area (Å²) in [6.45, 7) is 1.21. The lowest BCUT2D eigenvalue weighted by atomic mass is 10.1. The average Bonchev–Trinajstić information content (AvgIpc) is 4.06. The predicted molar refractivity (Wildman–Crippen MR) is 226 cm³/mol. The molecule has 4 heterocycles. The number of β-amino-alcohol motifs (C(OH)–C–C–N with tert-alkyl or cyclic N) is 1. The Labute approximate surface area is 354 Å². The SMILES string of the molecule is COCCOC(=O)NS(=O)(=O)c1ccc(N2CC(O[C@H]3CCN(c4ccc(S(=O)(=O)NC(=O)C(F)F)cc4-c4cc5ccccc5[nH]4)C3)[C@H](O)C2)c(-c2cc3ccccc3[nH]2)c1. The highest BCUT2D eigenvalue weighted by molar-refractivity contribution is 7.90. The molecule has 2 aromatic heterocycles. The molecule has 8 rings (SSSR count). The van der Waals surface area contributed by atoms with Gasteiger partial charge in [0.15, 0.2) is 0 Å². The Morgan fingerprint density at radius 1 is 0.758 bits per heavy atom. The lowest BCUT2D eigenvalue weighted by Crippen LogP contribution is -2.35. The quantitative estimate of drug-likeness (QED) is 0.0919. The molecule has 3 atom stereocenters. The van der Waals surface area contributed by atoms with Crippen LogP contribution < -0.4 is 19.2 Å². The van der Waals surface area contributed by atoms with Gasteiger partial charge in [0.2, 0.25) is 0 Å². The summed E-state index contributed by atoms with van der Waals surface area (Å²) >= 11 is 0. The van der Waals surface area contributed by atoms with Crippen LogP contribution in [0.5, 0.6) is 0 Å². The van der Waals surface area contributed by atoms with Gasteiger partial charge in [0.25, 0.3) is 20.0 Å². The maximum absolute atomic E-state index is 13.4. The maximum atomic E-state index is 13.4. The molecule has 1 unspecified atom stereocenters. The number of hydrogen-bond acceptors (Lipinski definition) is 12. The smallest absolute Gasteiger partial charge is 0.421 e. The molecule has 2 aliphatic heterocycles. The molecule has 0 spiro atoms. The number of hydrogen-bond donors (Lipinski definition) is 5. The zero-order chi connectivity index (χ0) is 43.8. The van der Waals surface area contributed by atoms with Crippen LogP contribution in [0.2, 0.25) is 0 Å². The van der Waals surface area contributed by atoms with E-state index in [1.807, 2.05) is 75.2 Å². The fourth-order valence-electron chi connectivity index (χ4n) is 7.83. The van der Waals surface area contributed by atoms with Gasteiger partial charge in [0, 0.05) is 89.0 Å². The highest BCUT2D eigenvalue weighted by Gasteiger charge is 2.38. The van der Waals surface area contributed by atoms with Gasteiger partial charge in [-0.05, 0) is 67.1 Å².